The van der Waals surface area contributed by atoms with Crippen LogP contribution < -0.4 is 4.74 Å². The van der Waals surface area contributed by atoms with Crippen LogP contribution in [0, 0.1) is 10.7 Å². The summed E-state index contributed by atoms with van der Waals surface area (Å²) in [5.41, 5.74) is 0. The van der Waals surface area contributed by atoms with Gasteiger partial charge in [0, 0.05) is 15.7 Å². The van der Waals surface area contributed by atoms with Crippen molar-refractivity contribution in [3.63, 3.8) is 0 Å². The van der Waals surface area contributed by atoms with Crippen LogP contribution in [0.1, 0.15) is 6.92 Å². The van der Waals surface area contributed by atoms with Crippen LogP contribution in [0.3, 0.4) is 0 Å². The average molecular weight is 229 g/mol. The molecule has 0 N–H and O–H groups in total. The third kappa shape index (κ3) is 1.98. The predicted molar refractivity (Wildman–Crippen MR) is 66.6 cm³/mol. The fraction of sp³-hybridized carbons (Fsp3) is 0.154. The maximum atomic E-state index is 8.73. The van der Waals surface area contributed by atoms with Crippen molar-refractivity contribution >= 4 is 22.5 Å². The summed E-state index contributed by atoms with van der Waals surface area (Å²) in [6.07, 6.45) is 0. The van der Waals surface area contributed by atoms with Gasteiger partial charge in [0.05, 0.1) is 6.61 Å². The minimum Gasteiger partial charge on any atom is -0.493 e. The zero-order chi connectivity index (χ0) is 11.4. The van der Waals surface area contributed by atoms with Crippen molar-refractivity contribution in [2.75, 3.05) is 6.61 Å². The first-order valence-electron chi connectivity index (χ1n) is 5.07. The molecule has 0 aromatic heterocycles. The summed E-state index contributed by atoms with van der Waals surface area (Å²) >= 11 is 1.18. The van der Waals surface area contributed by atoms with E-state index < -0.39 is 0 Å². The van der Waals surface area contributed by atoms with Gasteiger partial charge < -0.3 is 4.74 Å². The molecule has 3 heteroatoms. The van der Waals surface area contributed by atoms with Crippen LogP contribution >= 0.6 is 11.8 Å². The Morgan fingerprint density at radius 1 is 1.19 bits per heavy atom. The second-order valence-corrected chi connectivity index (χ2v) is 4.06. The van der Waals surface area contributed by atoms with Gasteiger partial charge in [0.1, 0.15) is 11.2 Å². The highest BCUT2D eigenvalue weighted by Gasteiger charge is 2.06. The molecule has 0 unspecified atom stereocenters. The lowest BCUT2D eigenvalue weighted by Gasteiger charge is -2.09. The highest BCUT2D eigenvalue weighted by Crippen LogP contribution is 2.33. The van der Waals surface area contributed by atoms with Crippen molar-refractivity contribution in [3.8, 4) is 11.2 Å². The van der Waals surface area contributed by atoms with Crippen LogP contribution in [-0.2, 0) is 0 Å². The number of nitrogens with zero attached hydrogens (tertiary/aromatic N) is 1. The quantitative estimate of drug-likeness (QED) is 0.592. The van der Waals surface area contributed by atoms with Gasteiger partial charge in [-0.3, -0.25) is 0 Å². The van der Waals surface area contributed by atoms with Crippen LogP contribution in [-0.4, -0.2) is 6.61 Å². The molecule has 0 amide bonds. The Kier molecular flexibility index (Phi) is 3.33. The number of rotatable bonds is 3. The molecule has 0 saturated carbocycles. The zero-order valence-electron chi connectivity index (χ0n) is 8.93. The molecule has 2 aromatic rings. The summed E-state index contributed by atoms with van der Waals surface area (Å²) in [6.45, 7) is 2.61. The largest absolute Gasteiger partial charge is 0.493 e. The zero-order valence-corrected chi connectivity index (χ0v) is 9.75. The number of thioether (sulfide) groups is 1. The van der Waals surface area contributed by atoms with Gasteiger partial charge in [0.2, 0.25) is 0 Å². The normalized spacial score (nSPS) is 10.0. The van der Waals surface area contributed by atoms with Crippen molar-refractivity contribution in [2.45, 2.75) is 11.8 Å². The van der Waals surface area contributed by atoms with Crippen LogP contribution in [0.25, 0.3) is 10.8 Å². The fourth-order valence-corrected chi connectivity index (χ4v) is 2.19. The maximum absolute atomic E-state index is 8.73. The Balaban J connectivity index is 2.63. The van der Waals surface area contributed by atoms with Gasteiger partial charge in [-0.1, -0.05) is 24.3 Å². The fourth-order valence-electron chi connectivity index (χ4n) is 1.66. The molecule has 0 fully saturated rings. The molecule has 0 spiro atoms. The molecule has 2 nitrogen and oxygen atoms in total. The Hall–Kier alpha value is -1.66. The lowest BCUT2D eigenvalue weighted by Crippen LogP contribution is -1.92. The Labute approximate surface area is 98.8 Å². The van der Waals surface area contributed by atoms with E-state index in [1.54, 1.807) is 0 Å². The van der Waals surface area contributed by atoms with Crippen LogP contribution in [0.5, 0.6) is 5.75 Å². The second-order valence-electron chi connectivity index (χ2n) is 3.23. The topological polar surface area (TPSA) is 33.0 Å². The van der Waals surface area contributed by atoms with Gasteiger partial charge in [0.15, 0.2) is 0 Å². The van der Waals surface area contributed by atoms with Gasteiger partial charge in [-0.25, -0.2) is 0 Å². The molecule has 0 aliphatic heterocycles. The summed E-state index contributed by atoms with van der Waals surface area (Å²) in [5, 5.41) is 13.0. The molecular formula is C13H11NOS. The van der Waals surface area contributed by atoms with E-state index in [0.29, 0.717) is 6.61 Å². The first-order chi connectivity index (χ1) is 7.86. The molecule has 16 heavy (non-hydrogen) atoms. The number of hydrogen-bond acceptors (Lipinski definition) is 3. The molecule has 0 radical (unpaired) electrons. The molecule has 80 valence electrons. The summed E-state index contributed by atoms with van der Waals surface area (Å²) < 4.78 is 5.56. The van der Waals surface area contributed by atoms with E-state index in [-0.39, 0.29) is 0 Å². The van der Waals surface area contributed by atoms with Gasteiger partial charge in [-0.2, -0.15) is 5.26 Å². The molecule has 2 aromatic carbocycles. The minimum absolute atomic E-state index is 0.648. The predicted octanol–water partition coefficient (Wildman–Crippen LogP) is 3.81. The molecule has 0 aliphatic carbocycles. The monoisotopic (exact) mass is 229 g/mol. The number of ether oxygens (including phenoxy) is 1. The van der Waals surface area contributed by atoms with Gasteiger partial charge in [-0.05, 0) is 30.8 Å². The lowest BCUT2D eigenvalue weighted by molar-refractivity contribution is 0.344. The smallest absolute Gasteiger partial charge is 0.138 e. The van der Waals surface area contributed by atoms with Crippen molar-refractivity contribution in [2.24, 2.45) is 0 Å². The molecule has 0 saturated heterocycles. The highest BCUT2D eigenvalue weighted by molar-refractivity contribution is 8.04. The van der Waals surface area contributed by atoms with Crippen molar-refractivity contribution in [1.82, 2.24) is 0 Å². The van der Waals surface area contributed by atoms with E-state index in [2.05, 4.69) is 5.40 Å². The first-order valence-corrected chi connectivity index (χ1v) is 5.89. The average Bonchev–Trinajstić information content (AvgIpc) is 2.33. The first kappa shape index (κ1) is 10.8. The van der Waals surface area contributed by atoms with Crippen molar-refractivity contribution in [3.05, 3.63) is 36.4 Å². The molecule has 0 atom stereocenters. The number of benzene rings is 2. The van der Waals surface area contributed by atoms with Crippen molar-refractivity contribution < 1.29 is 4.74 Å². The molecule has 2 rings (SSSR count). The Bertz CT molecular complexity index is 545. The van der Waals surface area contributed by atoms with E-state index in [1.807, 2.05) is 43.3 Å². The van der Waals surface area contributed by atoms with E-state index in [9.17, 15) is 0 Å². The van der Waals surface area contributed by atoms with E-state index in [0.717, 1.165) is 21.4 Å². The van der Waals surface area contributed by atoms with Crippen LogP contribution in [0.4, 0.5) is 0 Å². The lowest BCUT2D eigenvalue weighted by atomic mass is 10.1. The Morgan fingerprint density at radius 3 is 2.62 bits per heavy atom. The van der Waals surface area contributed by atoms with Crippen LogP contribution in [0.2, 0.25) is 0 Å². The minimum atomic E-state index is 0.648. The van der Waals surface area contributed by atoms with Gasteiger partial charge in [-0.15, -0.1) is 0 Å². The van der Waals surface area contributed by atoms with Gasteiger partial charge >= 0.3 is 0 Å². The van der Waals surface area contributed by atoms with Crippen LogP contribution in [0.15, 0.2) is 41.3 Å². The Morgan fingerprint density at radius 2 is 1.94 bits per heavy atom. The highest BCUT2D eigenvalue weighted by atomic mass is 32.2. The second kappa shape index (κ2) is 4.91. The standard InChI is InChI=1S/C13H11NOS/c1-2-15-12-7-8-13(16-9-14)11-6-4-3-5-10(11)12/h3-8H,2H2,1H3. The van der Waals surface area contributed by atoms with E-state index >= 15 is 0 Å². The molecule has 0 bridgehead atoms. The SMILES string of the molecule is CCOc1ccc(SC#N)c2ccccc12. The van der Waals surface area contributed by atoms with Gasteiger partial charge in [0.25, 0.3) is 0 Å². The third-order valence-corrected chi connectivity index (χ3v) is 2.97. The number of nitriles is 1. The number of hydrogen-bond donors (Lipinski definition) is 0. The maximum Gasteiger partial charge on any atom is 0.138 e. The molecule has 0 aliphatic rings. The summed E-state index contributed by atoms with van der Waals surface area (Å²) in [5.74, 6) is 0.875. The number of thiocyanates is 1. The number of fused-ring (bicyclic) bond motifs is 1. The molecule has 0 heterocycles. The third-order valence-electron chi connectivity index (χ3n) is 2.30. The summed E-state index contributed by atoms with van der Waals surface area (Å²) in [4.78, 5) is 0.974. The summed E-state index contributed by atoms with van der Waals surface area (Å²) in [6, 6.07) is 11.8. The van der Waals surface area contributed by atoms with E-state index in [4.69, 9.17) is 10.00 Å². The van der Waals surface area contributed by atoms with E-state index in [1.165, 1.54) is 11.8 Å². The summed E-state index contributed by atoms with van der Waals surface area (Å²) in [7, 11) is 0. The molecular weight excluding hydrogens is 218 g/mol. The van der Waals surface area contributed by atoms with Crippen molar-refractivity contribution in [1.29, 1.82) is 5.26 Å².